The molecular weight excluding hydrogens is 248 g/mol. The lowest BCUT2D eigenvalue weighted by Gasteiger charge is -2.35. The van der Waals surface area contributed by atoms with Crippen LogP contribution >= 0.6 is 12.6 Å². The summed E-state index contributed by atoms with van der Waals surface area (Å²) in [6.45, 7) is 4.80. The van der Waals surface area contributed by atoms with E-state index >= 15 is 0 Å². The van der Waals surface area contributed by atoms with Gasteiger partial charge >= 0.3 is 0 Å². The van der Waals surface area contributed by atoms with E-state index in [1.54, 1.807) is 0 Å². The fraction of sp³-hybridized carbons (Fsp3) is 1.00. The van der Waals surface area contributed by atoms with E-state index in [0.29, 0.717) is 4.75 Å². The molecule has 112 valence electrons. The second kappa shape index (κ2) is 7.38. The van der Waals surface area contributed by atoms with Gasteiger partial charge in [-0.25, -0.2) is 0 Å². The topological polar surface area (TPSA) is 0 Å². The molecule has 2 saturated carbocycles. The number of hydrogen-bond donors (Lipinski definition) is 1. The minimum atomic E-state index is 0.436. The van der Waals surface area contributed by atoms with Crippen molar-refractivity contribution in [2.75, 3.05) is 0 Å². The van der Waals surface area contributed by atoms with Crippen LogP contribution in [0.2, 0.25) is 0 Å². The third-order valence-corrected chi connectivity index (χ3v) is 6.59. The molecule has 0 aromatic rings. The number of thiol groups is 1. The number of unbranched alkanes of at least 4 members (excludes halogenated alkanes) is 6. The summed E-state index contributed by atoms with van der Waals surface area (Å²) in [7, 11) is 0. The molecule has 2 rings (SSSR count). The SMILES string of the molecule is CCCCCCCCCC(C)C1CC2CCC1(S)C2. The van der Waals surface area contributed by atoms with Crippen LogP contribution < -0.4 is 0 Å². The van der Waals surface area contributed by atoms with E-state index in [0.717, 1.165) is 17.8 Å². The molecule has 0 radical (unpaired) electrons. The molecule has 4 atom stereocenters. The van der Waals surface area contributed by atoms with Gasteiger partial charge in [0.25, 0.3) is 0 Å². The van der Waals surface area contributed by atoms with Crippen molar-refractivity contribution < 1.29 is 0 Å². The summed E-state index contributed by atoms with van der Waals surface area (Å²) >= 11 is 5.06. The van der Waals surface area contributed by atoms with Crippen LogP contribution in [0.1, 0.15) is 90.9 Å². The number of rotatable bonds is 9. The molecule has 0 nitrogen and oxygen atoms in total. The maximum absolute atomic E-state index is 5.06. The van der Waals surface area contributed by atoms with Gasteiger partial charge in [-0.2, -0.15) is 12.6 Å². The van der Waals surface area contributed by atoms with Crippen molar-refractivity contribution in [1.82, 2.24) is 0 Å². The minimum Gasteiger partial charge on any atom is -0.172 e. The Balaban J connectivity index is 1.56. The van der Waals surface area contributed by atoms with Gasteiger partial charge in [-0.3, -0.25) is 0 Å². The largest absolute Gasteiger partial charge is 0.172 e. The smallest absolute Gasteiger partial charge is 0.0163 e. The first-order chi connectivity index (χ1) is 9.15. The Kier molecular flexibility index (Phi) is 6.11. The fourth-order valence-corrected chi connectivity index (χ4v) is 5.41. The molecule has 0 spiro atoms. The van der Waals surface area contributed by atoms with Crippen molar-refractivity contribution >= 4 is 12.6 Å². The molecule has 19 heavy (non-hydrogen) atoms. The van der Waals surface area contributed by atoms with Gasteiger partial charge in [0, 0.05) is 4.75 Å². The van der Waals surface area contributed by atoms with Crippen LogP contribution in [0.3, 0.4) is 0 Å². The summed E-state index contributed by atoms with van der Waals surface area (Å²) < 4.78 is 0.436. The first kappa shape index (κ1) is 15.7. The Morgan fingerprint density at radius 2 is 1.79 bits per heavy atom. The predicted molar refractivity (Wildman–Crippen MR) is 88.9 cm³/mol. The molecule has 0 amide bonds. The first-order valence-electron chi connectivity index (χ1n) is 8.88. The van der Waals surface area contributed by atoms with Crippen molar-refractivity contribution in [2.45, 2.75) is 95.6 Å². The Bertz CT molecular complexity index is 262. The molecule has 0 aromatic carbocycles. The second-order valence-corrected chi connectivity index (χ2v) is 8.33. The van der Waals surface area contributed by atoms with Gasteiger partial charge < -0.3 is 0 Å². The van der Waals surface area contributed by atoms with Gasteiger partial charge in [0.1, 0.15) is 0 Å². The third kappa shape index (κ3) is 4.16. The highest BCUT2D eigenvalue weighted by Crippen LogP contribution is 2.57. The van der Waals surface area contributed by atoms with E-state index in [4.69, 9.17) is 12.6 Å². The molecule has 0 aliphatic heterocycles. The molecule has 0 heterocycles. The van der Waals surface area contributed by atoms with Crippen molar-refractivity contribution in [2.24, 2.45) is 17.8 Å². The summed E-state index contributed by atoms with van der Waals surface area (Å²) in [6.07, 6.45) is 17.3. The van der Waals surface area contributed by atoms with Crippen molar-refractivity contribution in [3.8, 4) is 0 Å². The highest BCUT2D eigenvalue weighted by molar-refractivity contribution is 7.81. The monoisotopic (exact) mass is 282 g/mol. The molecule has 0 N–H and O–H groups in total. The van der Waals surface area contributed by atoms with Gasteiger partial charge in [0.15, 0.2) is 0 Å². The molecule has 2 aliphatic carbocycles. The van der Waals surface area contributed by atoms with Gasteiger partial charge in [0.2, 0.25) is 0 Å². The molecule has 2 aliphatic rings. The van der Waals surface area contributed by atoms with Crippen LogP contribution in [-0.2, 0) is 0 Å². The van der Waals surface area contributed by atoms with E-state index in [1.165, 1.54) is 77.0 Å². The molecule has 2 fully saturated rings. The summed E-state index contributed by atoms with van der Waals surface area (Å²) in [5.74, 6) is 2.87. The normalized spacial score (nSPS) is 34.9. The average molecular weight is 283 g/mol. The number of hydrogen-bond acceptors (Lipinski definition) is 1. The van der Waals surface area contributed by atoms with E-state index in [-0.39, 0.29) is 0 Å². The molecule has 4 unspecified atom stereocenters. The van der Waals surface area contributed by atoms with Crippen molar-refractivity contribution in [3.05, 3.63) is 0 Å². The molecule has 1 heteroatoms. The van der Waals surface area contributed by atoms with Crippen LogP contribution in [0.5, 0.6) is 0 Å². The van der Waals surface area contributed by atoms with Crippen LogP contribution in [0.15, 0.2) is 0 Å². The van der Waals surface area contributed by atoms with Gasteiger partial charge in [-0.05, 0) is 43.4 Å². The minimum absolute atomic E-state index is 0.436. The van der Waals surface area contributed by atoms with Crippen molar-refractivity contribution in [1.29, 1.82) is 0 Å². The summed E-state index contributed by atoms with van der Waals surface area (Å²) in [4.78, 5) is 0. The van der Waals surface area contributed by atoms with Crippen LogP contribution in [0.25, 0.3) is 0 Å². The standard InChI is InChI=1S/C18H34S/c1-3-4-5-6-7-8-9-10-15(2)17-13-16-11-12-18(17,19)14-16/h15-17,19H,3-14H2,1-2H3. The summed E-state index contributed by atoms with van der Waals surface area (Å²) in [5.41, 5.74) is 0. The lowest BCUT2D eigenvalue weighted by atomic mass is 9.77. The van der Waals surface area contributed by atoms with Crippen molar-refractivity contribution in [3.63, 3.8) is 0 Å². The quantitative estimate of drug-likeness (QED) is 0.375. The lowest BCUT2D eigenvalue weighted by Crippen LogP contribution is -2.31. The van der Waals surface area contributed by atoms with E-state index in [9.17, 15) is 0 Å². The average Bonchev–Trinajstić information content (AvgIpc) is 2.92. The van der Waals surface area contributed by atoms with Gasteiger partial charge in [-0.1, -0.05) is 65.2 Å². The Morgan fingerprint density at radius 1 is 1.11 bits per heavy atom. The van der Waals surface area contributed by atoms with Gasteiger partial charge in [0.05, 0.1) is 0 Å². The molecule has 2 bridgehead atoms. The van der Waals surface area contributed by atoms with Crippen LogP contribution in [-0.4, -0.2) is 4.75 Å². The fourth-order valence-electron chi connectivity index (χ4n) is 4.66. The highest BCUT2D eigenvalue weighted by atomic mass is 32.1. The first-order valence-corrected chi connectivity index (χ1v) is 9.33. The Morgan fingerprint density at radius 3 is 2.37 bits per heavy atom. The molecule has 0 aromatic heterocycles. The zero-order valence-electron chi connectivity index (χ0n) is 13.2. The van der Waals surface area contributed by atoms with E-state index < -0.39 is 0 Å². The number of fused-ring (bicyclic) bond motifs is 2. The molecule has 0 saturated heterocycles. The zero-order valence-corrected chi connectivity index (χ0v) is 14.1. The zero-order chi connectivity index (χ0) is 13.7. The van der Waals surface area contributed by atoms with E-state index in [1.807, 2.05) is 0 Å². The summed E-state index contributed by atoms with van der Waals surface area (Å²) in [6, 6.07) is 0. The second-order valence-electron chi connectivity index (χ2n) is 7.44. The highest BCUT2D eigenvalue weighted by Gasteiger charge is 2.50. The Labute approximate surface area is 126 Å². The van der Waals surface area contributed by atoms with Gasteiger partial charge in [-0.15, -0.1) is 0 Å². The third-order valence-electron chi connectivity index (χ3n) is 5.86. The van der Waals surface area contributed by atoms with Crippen LogP contribution in [0, 0.1) is 17.8 Å². The Hall–Kier alpha value is 0.350. The lowest BCUT2D eigenvalue weighted by molar-refractivity contribution is 0.249. The maximum Gasteiger partial charge on any atom is 0.0163 e. The van der Waals surface area contributed by atoms with E-state index in [2.05, 4.69) is 13.8 Å². The van der Waals surface area contributed by atoms with Crippen LogP contribution in [0.4, 0.5) is 0 Å². The summed E-state index contributed by atoms with van der Waals surface area (Å²) in [5, 5.41) is 0. The molecular formula is C18H34S. The maximum atomic E-state index is 5.06. The predicted octanol–water partition coefficient (Wildman–Crippen LogP) is 6.25.